The molecule has 164 valence electrons. The largest absolute Gasteiger partial charge is 0.456 e. The minimum Gasteiger partial charge on any atom is -0.456 e. The highest BCUT2D eigenvalue weighted by molar-refractivity contribution is 6.71. The highest BCUT2D eigenvalue weighted by atomic mass is 28.4. The van der Waals surface area contributed by atoms with Gasteiger partial charge in [0.2, 0.25) is 0 Å². The predicted molar refractivity (Wildman–Crippen MR) is 123 cm³/mol. The van der Waals surface area contributed by atoms with E-state index in [1.807, 2.05) is 0 Å². The molecule has 0 bridgehead atoms. The van der Waals surface area contributed by atoms with E-state index in [0.29, 0.717) is 11.5 Å². The van der Waals surface area contributed by atoms with Crippen molar-refractivity contribution in [1.29, 1.82) is 0 Å². The predicted octanol–water partition coefficient (Wildman–Crippen LogP) is 3.99. The van der Waals surface area contributed by atoms with E-state index in [9.17, 15) is 9.90 Å². The van der Waals surface area contributed by atoms with Crippen LogP contribution in [0, 0.1) is 5.92 Å². The molecule has 0 aromatic carbocycles. The summed E-state index contributed by atoms with van der Waals surface area (Å²) in [5, 5.41) is 10.3. The summed E-state index contributed by atoms with van der Waals surface area (Å²) >= 11 is 0. The summed E-state index contributed by atoms with van der Waals surface area (Å²) in [6.45, 7) is 18.6. The first-order valence-electron chi connectivity index (χ1n) is 10.7. The monoisotopic (exact) mass is 446 g/mol. The van der Waals surface area contributed by atoms with Gasteiger partial charge in [0, 0.05) is 5.57 Å². The molecule has 0 radical (unpaired) electrons. The molecule has 8 heteroatoms. The molecule has 5 nitrogen and oxygen atoms in total. The summed E-state index contributed by atoms with van der Waals surface area (Å²) in [6.07, 6.45) is 3.82. The third kappa shape index (κ3) is 11.1. The summed E-state index contributed by atoms with van der Waals surface area (Å²) in [5.41, 5.74) is 0.384. The summed E-state index contributed by atoms with van der Waals surface area (Å²) in [4.78, 5) is 11.7. The van der Waals surface area contributed by atoms with E-state index >= 15 is 0 Å². The second-order valence-electron chi connectivity index (χ2n) is 10.1. The van der Waals surface area contributed by atoms with Gasteiger partial charge in [0.1, 0.15) is 12.0 Å². The second-order valence-corrected chi connectivity index (χ2v) is 21.0. The van der Waals surface area contributed by atoms with Crippen molar-refractivity contribution in [3.63, 3.8) is 0 Å². The number of hydrogen-bond acceptors (Lipinski definition) is 5. The molecule has 28 heavy (non-hydrogen) atoms. The van der Waals surface area contributed by atoms with Crippen LogP contribution in [0.5, 0.6) is 0 Å². The molecule has 0 aromatic heterocycles. The Balaban J connectivity index is 2.36. The van der Waals surface area contributed by atoms with Crippen LogP contribution in [-0.2, 0) is 18.4 Å². The van der Waals surface area contributed by atoms with E-state index in [-0.39, 0.29) is 12.0 Å². The number of aliphatic hydroxyl groups excluding tert-OH is 1. The van der Waals surface area contributed by atoms with Gasteiger partial charge >= 0.3 is 5.97 Å². The Labute approximate surface area is 176 Å². The third-order valence-electron chi connectivity index (χ3n) is 4.74. The van der Waals surface area contributed by atoms with E-state index in [1.165, 1.54) is 12.5 Å². The van der Waals surface area contributed by atoms with Crippen molar-refractivity contribution in [3.05, 3.63) is 12.2 Å². The highest BCUT2D eigenvalue weighted by Crippen LogP contribution is 2.30. The van der Waals surface area contributed by atoms with E-state index in [1.54, 1.807) is 6.92 Å². The van der Waals surface area contributed by atoms with Gasteiger partial charge in [-0.1, -0.05) is 25.5 Å². The molecule has 3 unspecified atom stereocenters. The molecule has 1 N–H and O–H groups in total. The molecular weight excluding hydrogens is 404 g/mol. The maximum atomic E-state index is 11.7. The first-order chi connectivity index (χ1) is 12.8. The Morgan fingerprint density at radius 1 is 1.14 bits per heavy atom. The third-order valence-corrected chi connectivity index (χ3v) is 9.06. The number of carbonyl (C=O) groups is 1. The van der Waals surface area contributed by atoms with Crippen LogP contribution in [0.2, 0.25) is 45.3 Å². The first kappa shape index (κ1) is 25.8. The van der Waals surface area contributed by atoms with Crippen LogP contribution in [-0.4, -0.2) is 55.4 Å². The number of hydrogen-bond donors (Lipinski definition) is 1. The van der Waals surface area contributed by atoms with Crippen LogP contribution in [0.1, 0.15) is 39.0 Å². The number of ether oxygens (including phenoxy) is 1. The van der Waals surface area contributed by atoms with Crippen molar-refractivity contribution in [3.8, 4) is 0 Å². The van der Waals surface area contributed by atoms with Gasteiger partial charge in [-0.25, -0.2) is 4.79 Å². The van der Waals surface area contributed by atoms with Crippen LogP contribution < -0.4 is 0 Å². The molecule has 1 aliphatic rings. The lowest BCUT2D eigenvalue weighted by atomic mass is 9.83. The van der Waals surface area contributed by atoms with Crippen molar-refractivity contribution >= 4 is 32.1 Å². The Hall–Kier alpha value is -0.259. The number of esters is 1. The van der Waals surface area contributed by atoms with Gasteiger partial charge in [-0.3, -0.25) is 0 Å². The molecule has 3 atom stereocenters. The average Bonchev–Trinajstić information content (AvgIpc) is 2.50. The maximum absolute atomic E-state index is 11.7. The molecule has 0 heterocycles. The van der Waals surface area contributed by atoms with Gasteiger partial charge in [0.15, 0.2) is 16.6 Å². The second kappa shape index (κ2) is 11.2. The fourth-order valence-corrected chi connectivity index (χ4v) is 10.1. The molecule has 1 aliphatic carbocycles. The van der Waals surface area contributed by atoms with E-state index in [0.717, 1.165) is 25.7 Å². The standard InChI is InChI=1S/C20H42O5Si3/c1-15(2)19(22)23-18-12-11-16(14-17(18)21)10-9-13-26-20(24-27(3,4)5)25-28(6,7)8/h16-18,20-21H,1,9-14,26H2,2-8H3. The van der Waals surface area contributed by atoms with Crippen LogP contribution in [0.25, 0.3) is 0 Å². The lowest BCUT2D eigenvalue weighted by Gasteiger charge is -2.33. The number of carbonyl (C=O) groups excluding carboxylic acids is 1. The summed E-state index contributed by atoms with van der Waals surface area (Å²) in [6, 6.07) is 1.21. The van der Waals surface area contributed by atoms with Crippen LogP contribution in [0.15, 0.2) is 12.2 Å². The van der Waals surface area contributed by atoms with Crippen molar-refractivity contribution < 1.29 is 23.5 Å². The zero-order chi connectivity index (χ0) is 21.5. The Kier molecular flexibility index (Phi) is 10.3. The molecule has 0 saturated heterocycles. The zero-order valence-corrected chi connectivity index (χ0v) is 22.5. The fraction of sp³-hybridized carbons (Fsp3) is 0.850. The van der Waals surface area contributed by atoms with Gasteiger partial charge in [-0.05, 0) is 71.4 Å². The Morgan fingerprint density at radius 2 is 1.71 bits per heavy atom. The molecule has 0 aliphatic heterocycles. The minimum absolute atomic E-state index is 0.0567. The molecule has 1 fully saturated rings. The topological polar surface area (TPSA) is 65.0 Å². The minimum atomic E-state index is -1.60. The van der Waals surface area contributed by atoms with Crippen molar-refractivity contribution in [2.75, 3.05) is 0 Å². The van der Waals surface area contributed by atoms with Crippen molar-refractivity contribution in [2.45, 2.75) is 102 Å². The quantitative estimate of drug-likeness (QED) is 0.171. The molecule has 0 amide bonds. The Morgan fingerprint density at radius 3 is 2.18 bits per heavy atom. The van der Waals surface area contributed by atoms with Gasteiger partial charge in [-0.15, -0.1) is 0 Å². The molecule has 1 rings (SSSR count). The summed E-state index contributed by atoms with van der Waals surface area (Å²) in [7, 11) is -3.64. The summed E-state index contributed by atoms with van der Waals surface area (Å²) in [5.74, 6) is 0.170. The maximum Gasteiger partial charge on any atom is 0.333 e. The smallest absolute Gasteiger partial charge is 0.333 e. The van der Waals surface area contributed by atoms with Crippen LogP contribution in [0.4, 0.5) is 0 Å². The highest BCUT2D eigenvalue weighted by Gasteiger charge is 2.32. The van der Waals surface area contributed by atoms with E-state index in [4.69, 9.17) is 13.6 Å². The average molecular weight is 447 g/mol. The molecular formula is C20H42O5Si3. The van der Waals surface area contributed by atoms with Crippen molar-refractivity contribution in [1.82, 2.24) is 0 Å². The molecule has 1 saturated carbocycles. The lowest BCUT2D eigenvalue weighted by Crippen LogP contribution is -2.43. The SMILES string of the molecule is C=C(C)C(=O)OC1CCC(CCC[SiH2]C(O[Si](C)(C)C)O[Si](C)(C)C)CC1O. The van der Waals surface area contributed by atoms with Gasteiger partial charge in [0.05, 0.1) is 15.6 Å². The Bertz CT molecular complexity index is 497. The zero-order valence-electron chi connectivity index (χ0n) is 19.0. The normalized spacial score (nSPS) is 24.1. The van der Waals surface area contributed by atoms with Gasteiger partial charge in [-0.2, -0.15) is 0 Å². The lowest BCUT2D eigenvalue weighted by molar-refractivity contribution is -0.154. The first-order valence-corrected chi connectivity index (χ1v) is 19.3. The van der Waals surface area contributed by atoms with Gasteiger partial charge in [0.25, 0.3) is 0 Å². The fourth-order valence-electron chi connectivity index (χ4n) is 3.52. The van der Waals surface area contributed by atoms with Crippen molar-refractivity contribution in [2.24, 2.45) is 5.92 Å². The van der Waals surface area contributed by atoms with Gasteiger partial charge < -0.3 is 18.7 Å². The van der Waals surface area contributed by atoms with Crippen LogP contribution >= 0.6 is 0 Å². The number of rotatable bonds is 11. The molecule has 0 spiro atoms. The van der Waals surface area contributed by atoms with Crippen LogP contribution in [0.3, 0.4) is 0 Å². The van der Waals surface area contributed by atoms with E-state index in [2.05, 4.69) is 45.9 Å². The van der Waals surface area contributed by atoms with E-state index < -0.39 is 38.2 Å². The number of aliphatic hydroxyl groups is 1. The summed E-state index contributed by atoms with van der Waals surface area (Å²) < 4.78 is 18.0. The molecule has 0 aromatic rings.